The zero-order valence-electron chi connectivity index (χ0n) is 6.83. The van der Waals surface area contributed by atoms with Crippen LogP contribution in [0.1, 0.15) is 12.8 Å². The van der Waals surface area contributed by atoms with Crippen molar-refractivity contribution in [2.45, 2.75) is 18.9 Å². The molecule has 4 nitrogen and oxygen atoms in total. The van der Waals surface area contributed by atoms with Crippen molar-refractivity contribution in [1.29, 1.82) is 0 Å². The Morgan fingerprint density at radius 1 is 1.67 bits per heavy atom. The second kappa shape index (κ2) is 5.11. The Morgan fingerprint density at radius 2 is 2.33 bits per heavy atom. The van der Waals surface area contributed by atoms with Crippen LogP contribution in [0.25, 0.3) is 0 Å². The summed E-state index contributed by atoms with van der Waals surface area (Å²) in [6.07, 6.45) is 0.792. The highest BCUT2D eigenvalue weighted by Gasteiger charge is 2.25. The highest BCUT2D eigenvalue weighted by Crippen LogP contribution is 2.04. The first-order valence-electron chi connectivity index (χ1n) is 3.57. The van der Waals surface area contributed by atoms with Gasteiger partial charge in [-0.3, -0.25) is 9.59 Å². The lowest BCUT2D eigenvalue weighted by Gasteiger charge is -2.19. The normalized spacial score (nSPS) is 22.8. The number of piperidine rings is 1. The van der Waals surface area contributed by atoms with Gasteiger partial charge in [-0.25, -0.2) is 0 Å². The first-order valence-corrected chi connectivity index (χ1v) is 3.57. The van der Waals surface area contributed by atoms with E-state index in [9.17, 15) is 9.59 Å². The van der Waals surface area contributed by atoms with E-state index in [1.807, 2.05) is 0 Å². The summed E-state index contributed by atoms with van der Waals surface area (Å²) in [6.45, 7) is 0.582. The first kappa shape index (κ1) is 11.4. The van der Waals surface area contributed by atoms with E-state index in [0.717, 1.165) is 0 Å². The maximum Gasteiger partial charge on any atom is 0.323 e. The molecule has 12 heavy (non-hydrogen) atoms. The number of halogens is 1. The van der Waals surface area contributed by atoms with Crippen molar-refractivity contribution < 1.29 is 14.3 Å². The van der Waals surface area contributed by atoms with Gasteiger partial charge in [0.2, 0.25) is 0 Å². The number of rotatable bonds is 1. The molecule has 1 fully saturated rings. The molecule has 70 valence electrons. The number of esters is 1. The lowest BCUT2D eigenvalue weighted by molar-refractivity contribution is -0.145. The number of ketones is 1. The second-order valence-electron chi connectivity index (χ2n) is 2.52. The molecule has 1 aliphatic heterocycles. The summed E-state index contributed by atoms with van der Waals surface area (Å²) in [5.74, 6) is -0.225. The molecule has 0 bridgehead atoms. The number of carbonyl (C=O) groups is 2. The Kier molecular flexibility index (Phi) is 4.85. The van der Waals surface area contributed by atoms with E-state index in [4.69, 9.17) is 0 Å². The van der Waals surface area contributed by atoms with Gasteiger partial charge in [0.15, 0.2) is 0 Å². The van der Waals surface area contributed by atoms with Gasteiger partial charge in [-0.1, -0.05) is 0 Å². The van der Waals surface area contributed by atoms with Gasteiger partial charge in [-0.2, -0.15) is 0 Å². The van der Waals surface area contributed by atoms with Crippen molar-refractivity contribution in [1.82, 2.24) is 5.32 Å². The number of hydrogen-bond acceptors (Lipinski definition) is 4. The highest BCUT2D eigenvalue weighted by molar-refractivity contribution is 5.87. The van der Waals surface area contributed by atoms with E-state index in [0.29, 0.717) is 13.0 Å². The highest BCUT2D eigenvalue weighted by atomic mass is 35.5. The number of nitrogens with one attached hydrogen (secondary N) is 1. The Balaban J connectivity index is 0.00000121. The minimum absolute atomic E-state index is 0. The second-order valence-corrected chi connectivity index (χ2v) is 2.52. The van der Waals surface area contributed by atoms with E-state index in [-0.39, 0.29) is 30.6 Å². The van der Waals surface area contributed by atoms with Crippen molar-refractivity contribution in [3.63, 3.8) is 0 Å². The van der Waals surface area contributed by atoms with Crippen LogP contribution in [-0.2, 0) is 14.3 Å². The predicted molar refractivity (Wildman–Crippen MR) is 45.3 cm³/mol. The van der Waals surface area contributed by atoms with Gasteiger partial charge in [0.25, 0.3) is 0 Å². The van der Waals surface area contributed by atoms with Crippen LogP contribution >= 0.6 is 12.4 Å². The summed E-state index contributed by atoms with van der Waals surface area (Å²) in [5.41, 5.74) is 0. The molecule has 1 heterocycles. The lowest BCUT2D eigenvalue weighted by atomic mass is 10.0. The monoisotopic (exact) mass is 193 g/mol. The largest absolute Gasteiger partial charge is 0.468 e. The average molecular weight is 194 g/mol. The fourth-order valence-corrected chi connectivity index (χ4v) is 1.10. The summed E-state index contributed by atoms with van der Waals surface area (Å²) in [6, 6.07) is -0.416. The topological polar surface area (TPSA) is 55.4 Å². The molecule has 0 saturated carbocycles. The maximum atomic E-state index is 10.9. The molecule has 1 N–H and O–H groups in total. The van der Waals surface area contributed by atoms with Crippen molar-refractivity contribution >= 4 is 24.2 Å². The first-order chi connectivity index (χ1) is 5.24. The number of hydrogen-bond donors (Lipinski definition) is 1. The van der Waals surface area contributed by atoms with Crippen molar-refractivity contribution in [2.24, 2.45) is 0 Å². The molecule has 1 rings (SSSR count). The van der Waals surface area contributed by atoms with E-state index < -0.39 is 6.04 Å². The molecule has 0 spiro atoms. The summed E-state index contributed by atoms with van der Waals surface area (Å²) >= 11 is 0. The van der Waals surface area contributed by atoms with Crippen LogP contribution in [0.15, 0.2) is 0 Å². The number of methoxy groups -OCH3 is 1. The molecular formula is C7H12ClNO3. The standard InChI is InChI=1S/C7H11NO3.ClH/c1-11-7(10)6-4-5(9)2-3-8-6;/h6,8H,2-4H2,1H3;1H. The van der Waals surface area contributed by atoms with Gasteiger partial charge in [-0.05, 0) is 0 Å². The Hall–Kier alpha value is -0.610. The molecule has 1 unspecified atom stereocenters. The van der Waals surface area contributed by atoms with E-state index in [1.54, 1.807) is 0 Å². The van der Waals surface area contributed by atoms with Crippen LogP contribution in [0, 0.1) is 0 Å². The predicted octanol–water partition coefficient (Wildman–Crippen LogP) is -0.0977. The third kappa shape index (κ3) is 2.79. The van der Waals surface area contributed by atoms with Crippen LogP contribution in [0.3, 0.4) is 0 Å². The number of Topliss-reactive ketones (excluding diaryl/α,β-unsaturated/α-hetero) is 1. The quantitative estimate of drug-likeness (QED) is 0.591. The molecule has 5 heteroatoms. The van der Waals surface area contributed by atoms with Crippen LogP contribution in [-0.4, -0.2) is 31.4 Å². The van der Waals surface area contributed by atoms with Gasteiger partial charge >= 0.3 is 5.97 Å². The Morgan fingerprint density at radius 3 is 2.83 bits per heavy atom. The summed E-state index contributed by atoms with van der Waals surface area (Å²) in [7, 11) is 1.32. The fraction of sp³-hybridized carbons (Fsp3) is 0.714. The molecule has 1 atom stereocenters. The molecule has 1 aliphatic rings. The van der Waals surface area contributed by atoms with Gasteiger partial charge < -0.3 is 10.1 Å². The van der Waals surface area contributed by atoms with E-state index in [1.165, 1.54) is 7.11 Å². The molecule has 0 amide bonds. The van der Waals surface area contributed by atoms with E-state index in [2.05, 4.69) is 10.1 Å². The van der Waals surface area contributed by atoms with E-state index >= 15 is 0 Å². The van der Waals surface area contributed by atoms with Crippen molar-refractivity contribution in [3.05, 3.63) is 0 Å². The zero-order chi connectivity index (χ0) is 8.27. The number of ether oxygens (including phenoxy) is 1. The van der Waals surface area contributed by atoms with Crippen LogP contribution in [0.2, 0.25) is 0 Å². The molecule has 1 saturated heterocycles. The maximum absolute atomic E-state index is 10.9. The minimum Gasteiger partial charge on any atom is -0.468 e. The smallest absolute Gasteiger partial charge is 0.323 e. The summed E-state index contributed by atoms with van der Waals surface area (Å²) in [5, 5.41) is 2.90. The Bertz CT molecular complexity index is 183. The van der Waals surface area contributed by atoms with Crippen molar-refractivity contribution in [2.75, 3.05) is 13.7 Å². The minimum atomic E-state index is -0.416. The van der Waals surface area contributed by atoms with Gasteiger partial charge in [0.05, 0.1) is 7.11 Å². The zero-order valence-corrected chi connectivity index (χ0v) is 7.65. The molecule has 0 radical (unpaired) electrons. The molecule has 0 aliphatic carbocycles. The SMILES string of the molecule is COC(=O)C1CC(=O)CCN1.Cl. The van der Waals surface area contributed by atoms with Crippen LogP contribution in [0.5, 0.6) is 0 Å². The molecular weight excluding hydrogens is 182 g/mol. The third-order valence-corrected chi connectivity index (χ3v) is 1.71. The summed E-state index contributed by atoms with van der Waals surface area (Å²) < 4.78 is 4.48. The summed E-state index contributed by atoms with van der Waals surface area (Å²) in [4.78, 5) is 21.7. The lowest BCUT2D eigenvalue weighted by Crippen LogP contribution is -2.44. The van der Waals surface area contributed by atoms with Crippen molar-refractivity contribution in [3.8, 4) is 0 Å². The molecule has 0 aromatic heterocycles. The number of carbonyl (C=O) groups excluding carboxylic acids is 2. The Labute approximate surface area is 77.1 Å². The average Bonchev–Trinajstić information content (AvgIpc) is 2.03. The van der Waals surface area contributed by atoms with Crippen LogP contribution in [0.4, 0.5) is 0 Å². The van der Waals surface area contributed by atoms with Gasteiger partial charge in [0.1, 0.15) is 11.8 Å². The molecule has 0 aromatic carbocycles. The third-order valence-electron chi connectivity index (χ3n) is 1.71. The van der Waals surface area contributed by atoms with Gasteiger partial charge in [0, 0.05) is 19.4 Å². The molecule has 0 aromatic rings. The fourth-order valence-electron chi connectivity index (χ4n) is 1.10. The van der Waals surface area contributed by atoms with Crippen LogP contribution < -0.4 is 5.32 Å². The van der Waals surface area contributed by atoms with Gasteiger partial charge in [-0.15, -0.1) is 12.4 Å².